The maximum Gasteiger partial charge on any atom is 0.323 e. The highest BCUT2D eigenvalue weighted by molar-refractivity contribution is 5.33. The molecule has 0 fully saturated rings. The molecule has 1 aliphatic heterocycles. The molecule has 2 heterocycles. The molecule has 0 amide bonds. The molecule has 0 bridgehead atoms. The molecule has 0 radical (unpaired) electrons. The Bertz CT molecular complexity index is 1210. The van der Waals surface area contributed by atoms with Crippen molar-refractivity contribution in [2.75, 3.05) is 20.3 Å². The van der Waals surface area contributed by atoms with Gasteiger partial charge in [-0.3, -0.25) is 15.0 Å². The number of nitrogens with zero attached hydrogens (tertiary/aromatic N) is 5. The number of alkyl halides is 2. The van der Waals surface area contributed by atoms with Gasteiger partial charge in [0.25, 0.3) is 0 Å². The molecule has 7 nitrogen and oxygen atoms in total. The van der Waals surface area contributed by atoms with Crippen molar-refractivity contribution in [2.24, 2.45) is 10.4 Å². The lowest BCUT2D eigenvalue weighted by Crippen LogP contribution is -2.51. The SMILES string of the molecule is CN1CN(CC(O)(c2ccc(F)cc2F)C(F)(F)c2ccc(OCc3ccc(F)cc3)cn2)N=N1. The Balaban J connectivity index is 1.61. The van der Waals surface area contributed by atoms with Crippen molar-refractivity contribution in [1.82, 2.24) is 15.0 Å². The Labute approximate surface area is 197 Å². The Hall–Kier alpha value is -3.80. The predicted molar refractivity (Wildman–Crippen MR) is 113 cm³/mol. The summed E-state index contributed by atoms with van der Waals surface area (Å²) >= 11 is 0. The second-order valence-corrected chi connectivity index (χ2v) is 8.00. The number of hydrogen-bond donors (Lipinski definition) is 1. The summed E-state index contributed by atoms with van der Waals surface area (Å²) < 4.78 is 78.1. The zero-order valence-electron chi connectivity index (χ0n) is 18.4. The van der Waals surface area contributed by atoms with Crippen LogP contribution >= 0.6 is 0 Å². The van der Waals surface area contributed by atoms with Gasteiger partial charge in [-0.2, -0.15) is 8.78 Å². The third kappa shape index (κ3) is 5.02. The number of pyridine rings is 1. The molecule has 4 rings (SSSR count). The fraction of sp³-hybridized carbons (Fsp3) is 0.261. The topological polar surface area (TPSA) is 73.5 Å². The van der Waals surface area contributed by atoms with E-state index in [0.717, 1.165) is 29.4 Å². The molecule has 1 N–H and O–H groups in total. The van der Waals surface area contributed by atoms with E-state index < -0.39 is 46.8 Å². The van der Waals surface area contributed by atoms with Gasteiger partial charge in [0.1, 0.15) is 42.2 Å². The van der Waals surface area contributed by atoms with Crippen LogP contribution in [0.25, 0.3) is 0 Å². The van der Waals surface area contributed by atoms with Crippen molar-refractivity contribution in [3.63, 3.8) is 0 Å². The predicted octanol–water partition coefficient (Wildman–Crippen LogP) is 4.54. The second-order valence-electron chi connectivity index (χ2n) is 8.00. The summed E-state index contributed by atoms with van der Waals surface area (Å²) in [4.78, 5) is 3.73. The lowest BCUT2D eigenvalue weighted by Gasteiger charge is -2.37. The summed E-state index contributed by atoms with van der Waals surface area (Å²) in [6.45, 7) is -0.860. The molecule has 0 saturated heterocycles. The first-order chi connectivity index (χ1) is 16.6. The maximum atomic E-state index is 15.8. The maximum absolute atomic E-state index is 15.8. The average Bonchev–Trinajstić information content (AvgIpc) is 3.23. The third-order valence-corrected chi connectivity index (χ3v) is 5.37. The van der Waals surface area contributed by atoms with Gasteiger partial charge in [0.2, 0.25) is 0 Å². The molecular formula is C23H20F5N5O2. The molecule has 0 aliphatic carbocycles. The molecule has 1 aliphatic rings. The highest BCUT2D eigenvalue weighted by Gasteiger charge is 2.58. The summed E-state index contributed by atoms with van der Waals surface area (Å²) in [6.07, 6.45) is 1.03. The summed E-state index contributed by atoms with van der Waals surface area (Å²) in [5.41, 5.74) is -4.24. The van der Waals surface area contributed by atoms with Gasteiger partial charge in [-0.15, -0.1) is 0 Å². The van der Waals surface area contributed by atoms with Gasteiger partial charge in [0, 0.05) is 18.7 Å². The third-order valence-electron chi connectivity index (χ3n) is 5.37. The van der Waals surface area contributed by atoms with Crippen molar-refractivity contribution in [3.05, 3.63) is 95.1 Å². The largest absolute Gasteiger partial charge is 0.487 e. The molecule has 1 unspecified atom stereocenters. The van der Waals surface area contributed by atoms with E-state index in [4.69, 9.17) is 4.74 Å². The van der Waals surface area contributed by atoms with Gasteiger partial charge in [-0.25, -0.2) is 13.2 Å². The van der Waals surface area contributed by atoms with Crippen LogP contribution < -0.4 is 4.74 Å². The number of rotatable bonds is 8. The van der Waals surface area contributed by atoms with Crippen LogP contribution in [0.2, 0.25) is 0 Å². The van der Waals surface area contributed by atoms with Crippen LogP contribution in [0.4, 0.5) is 22.0 Å². The normalized spacial score (nSPS) is 15.4. The molecular weight excluding hydrogens is 473 g/mol. The molecule has 3 aromatic rings. The van der Waals surface area contributed by atoms with Crippen LogP contribution in [-0.2, 0) is 18.1 Å². The Morgan fingerprint density at radius 2 is 1.69 bits per heavy atom. The smallest absolute Gasteiger partial charge is 0.323 e. The number of hydrogen-bond acceptors (Lipinski definition) is 7. The van der Waals surface area contributed by atoms with Crippen LogP contribution in [0.3, 0.4) is 0 Å². The van der Waals surface area contributed by atoms with E-state index in [2.05, 4.69) is 15.4 Å². The molecule has 0 spiro atoms. The van der Waals surface area contributed by atoms with Crippen molar-refractivity contribution >= 4 is 0 Å². The number of ether oxygens (including phenoxy) is 1. The van der Waals surface area contributed by atoms with E-state index in [9.17, 15) is 18.3 Å². The van der Waals surface area contributed by atoms with Crippen molar-refractivity contribution in [2.45, 2.75) is 18.1 Å². The number of benzene rings is 2. The number of aliphatic hydroxyl groups is 1. The van der Waals surface area contributed by atoms with Crippen LogP contribution in [0.1, 0.15) is 16.8 Å². The number of halogens is 5. The first-order valence-electron chi connectivity index (χ1n) is 10.4. The summed E-state index contributed by atoms with van der Waals surface area (Å²) in [6, 6.07) is 9.63. The quantitative estimate of drug-likeness (QED) is 0.467. The molecule has 35 heavy (non-hydrogen) atoms. The van der Waals surface area contributed by atoms with Crippen LogP contribution in [0, 0.1) is 17.5 Å². The zero-order chi connectivity index (χ0) is 25.2. The van der Waals surface area contributed by atoms with Gasteiger partial charge in [0.05, 0.1) is 12.7 Å². The average molecular weight is 493 g/mol. The van der Waals surface area contributed by atoms with Crippen LogP contribution in [-0.4, -0.2) is 40.4 Å². The lowest BCUT2D eigenvalue weighted by molar-refractivity contribution is -0.208. The van der Waals surface area contributed by atoms with E-state index in [1.165, 1.54) is 42.4 Å². The number of aromatic nitrogens is 1. The number of β-amino-alcohol motifs (C(OH)–C–C–N with tert-alkyl or cyclic N) is 1. The first-order valence-corrected chi connectivity index (χ1v) is 10.4. The molecule has 0 saturated carbocycles. The van der Waals surface area contributed by atoms with E-state index in [0.29, 0.717) is 11.6 Å². The van der Waals surface area contributed by atoms with E-state index in [1.807, 2.05) is 0 Å². The molecule has 1 atom stereocenters. The van der Waals surface area contributed by atoms with Gasteiger partial charge < -0.3 is 9.84 Å². The molecule has 184 valence electrons. The van der Waals surface area contributed by atoms with Gasteiger partial charge in [0.15, 0.2) is 5.60 Å². The molecule has 12 heteroatoms. The first kappa shape index (κ1) is 24.3. The summed E-state index contributed by atoms with van der Waals surface area (Å²) in [5, 5.41) is 21.0. The minimum Gasteiger partial charge on any atom is -0.487 e. The van der Waals surface area contributed by atoms with Crippen molar-refractivity contribution in [3.8, 4) is 5.75 Å². The summed E-state index contributed by atoms with van der Waals surface area (Å²) in [7, 11) is 1.53. The minimum atomic E-state index is -4.14. The van der Waals surface area contributed by atoms with Crippen molar-refractivity contribution < 1.29 is 31.8 Å². The van der Waals surface area contributed by atoms with Crippen LogP contribution in [0.5, 0.6) is 5.75 Å². The zero-order valence-corrected chi connectivity index (χ0v) is 18.4. The lowest BCUT2D eigenvalue weighted by atomic mass is 9.84. The standard InChI is InChI=1S/C23H20F5N5O2/c1-32-14-33(31-30-32)13-22(34,19-8-6-17(25)10-20(19)26)23(27,28)21-9-7-18(11-29-21)35-12-15-2-4-16(24)5-3-15/h2-11,34H,12-14H2,1H3. The summed E-state index contributed by atoms with van der Waals surface area (Å²) in [5.74, 6) is -6.75. The highest BCUT2D eigenvalue weighted by Crippen LogP contribution is 2.46. The van der Waals surface area contributed by atoms with E-state index in [1.54, 1.807) is 0 Å². The van der Waals surface area contributed by atoms with Gasteiger partial charge >= 0.3 is 5.92 Å². The Morgan fingerprint density at radius 1 is 0.971 bits per heavy atom. The van der Waals surface area contributed by atoms with Crippen molar-refractivity contribution in [1.29, 1.82) is 0 Å². The molecule has 1 aromatic heterocycles. The Kier molecular flexibility index (Phi) is 6.57. The monoisotopic (exact) mass is 493 g/mol. The van der Waals surface area contributed by atoms with Crippen LogP contribution in [0.15, 0.2) is 71.2 Å². The fourth-order valence-electron chi connectivity index (χ4n) is 3.55. The fourth-order valence-corrected chi connectivity index (χ4v) is 3.55. The van der Waals surface area contributed by atoms with E-state index >= 15 is 8.78 Å². The Morgan fingerprint density at radius 3 is 2.29 bits per heavy atom. The molecule has 2 aromatic carbocycles. The van der Waals surface area contributed by atoms with E-state index in [-0.39, 0.29) is 19.0 Å². The minimum absolute atomic E-state index is 0.0369. The highest BCUT2D eigenvalue weighted by atomic mass is 19.3. The van der Waals surface area contributed by atoms with Gasteiger partial charge in [-0.1, -0.05) is 22.6 Å². The van der Waals surface area contributed by atoms with Gasteiger partial charge in [-0.05, 0) is 42.0 Å². The second kappa shape index (κ2) is 9.45.